The number of nitrogens with zero attached hydrogens (tertiary/aromatic N) is 2. The molecule has 0 aromatic carbocycles. The van der Waals surface area contributed by atoms with Crippen molar-refractivity contribution in [2.75, 3.05) is 40.0 Å². The van der Waals surface area contributed by atoms with Crippen LogP contribution in [-0.2, 0) is 11.2 Å². The molecular formula is C14H22N2O2. The number of aliphatic hydroxyl groups excluding tert-OH is 1. The summed E-state index contributed by atoms with van der Waals surface area (Å²) < 4.78 is 5.42. The van der Waals surface area contributed by atoms with Gasteiger partial charge in [0.05, 0.1) is 13.2 Å². The molecule has 18 heavy (non-hydrogen) atoms. The van der Waals surface area contributed by atoms with E-state index in [-0.39, 0.29) is 12.0 Å². The summed E-state index contributed by atoms with van der Waals surface area (Å²) in [5, 5.41) is 9.54. The van der Waals surface area contributed by atoms with Crippen molar-refractivity contribution in [3.63, 3.8) is 0 Å². The molecule has 1 unspecified atom stereocenters. The van der Waals surface area contributed by atoms with E-state index in [2.05, 4.69) is 16.9 Å². The average molecular weight is 250 g/mol. The fraction of sp³-hybridized carbons (Fsp3) is 0.643. The van der Waals surface area contributed by atoms with E-state index >= 15 is 0 Å². The van der Waals surface area contributed by atoms with Gasteiger partial charge in [0.1, 0.15) is 0 Å². The van der Waals surface area contributed by atoms with Crippen molar-refractivity contribution in [2.45, 2.75) is 12.8 Å². The predicted octanol–water partition coefficient (Wildman–Crippen LogP) is 0.955. The zero-order chi connectivity index (χ0) is 12.8. The fourth-order valence-corrected chi connectivity index (χ4v) is 2.47. The van der Waals surface area contributed by atoms with E-state index in [1.54, 1.807) is 0 Å². The number of likely N-dealkylation sites (N-methyl/N-ethyl adjacent to an activating group) is 1. The van der Waals surface area contributed by atoms with Crippen LogP contribution in [0.25, 0.3) is 0 Å². The molecule has 0 bridgehead atoms. The molecule has 1 aromatic rings. The number of hydrogen-bond donors (Lipinski definition) is 1. The highest BCUT2D eigenvalue weighted by atomic mass is 16.5. The van der Waals surface area contributed by atoms with Crippen LogP contribution >= 0.6 is 0 Å². The number of ether oxygens (including phenoxy) is 1. The second-order valence-corrected chi connectivity index (χ2v) is 5.30. The molecule has 100 valence electrons. The number of hydrogen-bond acceptors (Lipinski definition) is 4. The van der Waals surface area contributed by atoms with Gasteiger partial charge >= 0.3 is 0 Å². The van der Waals surface area contributed by atoms with Gasteiger partial charge in [0.15, 0.2) is 0 Å². The van der Waals surface area contributed by atoms with Crippen LogP contribution in [0.5, 0.6) is 0 Å². The number of rotatable bonds is 6. The lowest BCUT2D eigenvalue weighted by Crippen LogP contribution is -2.39. The third-order valence-electron chi connectivity index (χ3n) is 3.66. The summed E-state index contributed by atoms with van der Waals surface area (Å²) in [6.07, 6.45) is 5.63. The Bertz CT molecular complexity index is 350. The maximum absolute atomic E-state index is 9.54. The SMILES string of the molecule is CN(CCc1ccncc1)CC1(CO)CCOC1. The Morgan fingerprint density at radius 3 is 2.83 bits per heavy atom. The van der Waals surface area contributed by atoms with Gasteiger partial charge in [0.2, 0.25) is 0 Å². The van der Waals surface area contributed by atoms with E-state index < -0.39 is 0 Å². The Balaban J connectivity index is 1.79. The predicted molar refractivity (Wildman–Crippen MR) is 70.4 cm³/mol. The number of pyridine rings is 1. The normalized spacial score (nSPS) is 23.7. The first-order valence-corrected chi connectivity index (χ1v) is 6.50. The minimum absolute atomic E-state index is 0.0486. The lowest BCUT2D eigenvalue weighted by Gasteiger charge is -2.30. The molecule has 1 aliphatic heterocycles. The molecule has 2 heterocycles. The number of aromatic nitrogens is 1. The Morgan fingerprint density at radius 1 is 1.44 bits per heavy atom. The van der Waals surface area contributed by atoms with Crippen molar-refractivity contribution in [3.05, 3.63) is 30.1 Å². The molecule has 1 aromatic heterocycles. The van der Waals surface area contributed by atoms with Gasteiger partial charge in [-0.05, 0) is 37.6 Å². The minimum atomic E-state index is -0.0486. The second-order valence-electron chi connectivity index (χ2n) is 5.30. The summed E-state index contributed by atoms with van der Waals surface area (Å²) in [7, 11) is 2.11. The summed E-state index contributed by atoms with van der Waals surface area (Å²) in [5.41, 5.74) is 1.25. The first kappa shape index (κ1) is 13.5. The van der Waals surface area contributed by atoms with Gasteiger partial charge in [0, 0.05) is 37.5 Å². The van der Waals surface area contributed by atoms with Crippen molar-refractivity contribution in [1.82, 2.24) is 9.88 Å². The summed E-state index contributed by atoms with van der Waals surface area (Å²) in [6, 6.07) is 4.10. The monoisotopic (exact) mass is 250 g/mol. The van der Waals surface area contributed by atoms with Gasteiger partial charge in [-0.1, -0.05) is 0 Å². The molecule has 1 saturated heterocycles. The van der Waals surface area contributed by atoms with Crippen molar-refractivity contribution < 1.29 is 9.84 Å². The van der Waals surface area contributed by atoms with Crippen LogP contribution in [0.2, 0.25) is 0 Å². The Kier molecular flexibility index (Phi) is 4.69. The molecule has 4 heteroatoms. The molecule has 2 rings (SSSR count). The standard InChI is InChI=1S/C14H22N2O2/c1-16(8-4-13-2-6-15-7-3-13)10-14(11-17)5-9-18-12-14/h2-3,6-7,17H,4-5,8-12H2,1H3. The molecule has 4 nitrogen and oxygen atoms in total. The molecular weight excluding hydrogens is 228 g/mol. The van der Waals surface area contributed by atoms with Crippen LogP contribution in [0.4, 0.5) is 0 Å². The van der Waals surface area contributed by atoms with Crippen LogP contribution in [-0.4, -0.2) is 54.9 Å². The van der Waals surface area contributed by atoms with Gasteiger partial charge < -0.3 is 14.7 Å². The number of aliphatic hydroxyl groups is 1. The molecule has 1 N–H and O–H groups in total. The largest absolute Gasteiger partial charge is 0.396 e. The van der Waals surface area contributed by atoms with Crippen LogP contribution in [0.15, 0.2) is 24.5 Å². The topological polar surface area (TPSA) is 45.6 Å². The first-order chi connectivity index (χ1) is 8.74. The average Bonchev–Trinajstić information content (AvgIpc) is 2.87. The van der Waals surface area contributed by atoms with Crippen molar-refractivity contribution >= 4 is 0 Å². The highest BCUT2D eigenvalue weighted by molar-refractivity contribution is 5.09. The quantitative estimate of drug-likeness (QED) is 0.816. The fourth-order valence-electron chi connectivity index (χ4n) is 2.47. The lowest BCUT2D eigenvalue weighted by atomic mass is 9.88. The Labute approximate surface area is 109 Å². The molecule has 1 fully saturated rings. The third kappa shape index (κ3) is 3.51. The maximum atomic E-state index is 9.54. The Morgan fingerprint density at radius 2 is 2.22 bits per heavy atom. The summed E-state index contributed by atoms with van der Waals surface area (Å²) in [5.74, 6) is 0. The summed E-state index contributed by atoms with van der Waals surface area (Å²) in [6.45, 7) is 3.56. The Hall–Kier alpha value is -0.970. The maximum Gasteiger partial charge on any atom is 0.0557 e. The van der Waals surface area contributed by atoms with E-state index in [0.717, 1.165) is 32.5 Å². The zero-order valence-electron chi connectivity index (χ0n) is 11.0. The molecule has 0 radical (unpaired) electrons. The van der Waals surface area contributed by atoms with Crippen molar-refractivity contribution in [3.8, 4) is 0 Å². The van der Waals surface area contributed by atoms with Gasteiger partial charge in [-0.15, -0.1) is 0 Å². The van der Waals surface area contributed by atoms with Gasteiger partial charge in [-0.3, -0.25) is 4.98 Å². The molecule has 0 amide bonds. The van der Waals surface area contributed by atoms with Gasteiger partial charge in [-0.2, -0.15) is 0 Å². The van der Waals surface area contributed by atoms with Gasteiger partial charge in [-0.25, -0.2) is 0 Å². The molecule has 1 atom stereocenters. The minimum Gasteiger partial charge on any atom is -0.396 e. The van der Waals surface area contributed by atoms with Gasteiger partial charge in [0.25, 0.3) is 0 Å². The van der Waals surface area contributed by atoms with E-state index in [4.69, 9.17) is 4.74 Å². The highest BCUT2D eigenvalue weighted by Gasteiger charge is 2.35. The molecule has 0 aliphatic carbocycles. The van der Waals surface area contributed by atoms with Crippen LogP contribution < -0.4 is 0 Å². The molecule has 1 aliphatic rings. The van der Waals surface area contributed by atoms with Crippen molar-refractivity contribution in [2.24, 2.45) is 5.41 Å². The highest BCUT2D eigenvalue weighted by Crippen LogP contribution is 2.28. The van der Waals surface area contributed by atoms with E-state index in [0.29, 0.717) is 6.61 Å². The van der Waals surface area contributed by atoms with Crippen LogP contribution in [0.3, 0.4) is 0 Å². The van der Waals surface area contributed by atoms with E-state index in [1.165, 1.54) is 5.56 Å². The third-order valence-corrected chi connectivity index (χ3v) is 3.66. The second kappa shape index (κ2) is 6.27. The first-order valence-electron chi connectivity index (χ1n) is 6.50. The van der Waals surface area contributed by atoms with Crippen molar-refractivity contribution in [1.29, 1.82) is 0 Å². The van der Waals surface area contributed by atoms with Crippen LogP contribution in [0, 0.1) is 5.41 Å². The van der Waals surface area contributed by atoms with E-state index in [1.807, 2.05) is 24.5 Å². The lowest BCUT2D eigenvalue weighted by molar-refractivity contribution is 0.0647. The van der Waals surface area contributed by atoms with Crippen LogP contribution in [0.1, 0.15) is 12.0 Å². The van der Waals surface area contributed by atoms with E-state index in [9.17, 15) is 5.11 Å². The molecule has 0 saturated carbocycles. The smallest absolute Gasteiger partial charge is 0.0557 e. The summed E-state index contributed by atoms with van der Waals surface area (Å²) >= 11 is 0. The zero-order valence-corrected chi connectivity index (χ0v) is 11.0. The summed E-state index contributed by atoms with van der Waals surface area (Å²) in [4.78, 5) is 6.30. The molecule has 0 spiro atoms.